The first kappa shape index (κ1) is 14.3. The van der Waals surface area contributed by atoms with E-state index in [4.69, 9.17) is 26.6 Å². The summed E-state index contributed by atoms with van der Waals surface area (Å²) in [7, 11) is 0. The summed E-state index contributed by atoms with van der Waals surface area (Å²) in [5.41, 5.74) is 0.0229. The molecule has 1 atom stereocenters. The first-order chi connectivity index (χ1) is 8.45. The lowest BCUT2D eigenvalue weighted by atomic mass is 10.2. The molecule has 0 aliphatic carbocycles. The molecule has 0 radical (unpaired) electrons. The summed E-state index contributed by atoms with van der Waals surface area (Å²) in [6, 6.07) is 3.90. The summed E-state index contributed by atoms with van der Waals surface area (Å²) < 4.78 is 5.26. The molecule has 0 saturated carbocycles. The maximum atomic E-state index is 10.9. The van der Waals surface area contributed by atoms with Crippen molar-refractivity contribution >= 4 is 23.5 Å². The monoisotopic (exact) mass is 272 g/mol. The second-order valence-corrected chi connectivity index (χ2v) is 4.09. The van der Waals surface area contributed by atoms with Gasteiger partial charge in [0.1, 0.15) is 5.75 Å². The Morgan fingerprint density at radius 1 is 1.39 bits per heavy atom. The molecule has 1 aromatic rings. The lowest BCUT2D eigenvalue weighted by Crippen LogP contribution is -2.26. The number of aliphatic carboxylic acids is 1. The Morgan fingerprint density at radius 2 is 2.06 bits per heavy atom. The van der Waals surface area contributed by atoms with Gasteiger partial charge in [0.05, 0.1) is 10.6 Å². The van der Waals surface area contributed by atoms with Crippen LogP contribution in [0.4, 0.5) is 0 Å². The normalized spacial score (nSPS) is 11.9. The van der Waals surface area contributed by atoms with Crippen LogP contribution in [-0.2, 0) is 4.79 Å². The van der Waals surface area contributed by atoms with E-state index < -0.39 is 18.0 Å². The zero-order valence-electron chi connectivity index (χ0n) is 9.72. The van der Waals surface area contributed by atoms with Crippen molar-refractivity contribution in [3.8, 4) is 5.75 Å². The molecule has 0 amide bonds. The molecule has 1 aromatic carbocycles. The average Bonchev–Trinajstić information content (AvgIpc) is 2.30. The molecule has 0 aliphatic rings. The van der Waals surface area contributed by atoms with Gasteiger partial charge in [0, 0.05) is 0 Å². The number of hydrogen-bond acceptors (Lipinski definition) is 3. The standard InChI is InChI=1S/C12H13ClO5/c1-2-3-10(12(16)17)18-9-5-4-7(11(14)15)6-8(9)13/h4-6,10H,2-3H2,1H3,(H,14,15)(H,16,17). The largest absolute Gasteiger partial charge is 0.479 e. The molecule has 0 aromatic heterocycles. The highest BCUT2D eigenvalue weighted by atomic mass is 35.5. The molecule has 6 heteroatoms. The minimum Gasteiger partial charge on any atom is -0.479 e. The van der Waals surface area contributed by atoms with Crippen molar-refractivity contribution in [1.29, 1.82) is 0 Å². The highest BCUT2D eigenvalue weighted by Gasteiger charge is 2.19. The summed E-state index contributed by atoms with van der Waals surface area (Å²) in [5.74, 6) is -2.01. The van der Waals surface area contributed by atoms with Gasteiger partial charge < -0.3 is 14.9 Å². The van der Waals surface area contributed by atoms with E-state index in [0.717, 1.165) is 0 Å². The second kappa shape index (κ2) is 6.26. The summed E-state index contributed by atoms with van der Waals surface area (Å²) in [4.78, 5) is 21.6. The van der Waals surface area contributed by atoms with Gasteiger partial charge in [-0.3, -0.25) is 0 Å². The molecule has 1 unspecified atom stereocenters. The number of carboxylic acids is 2. The summed E-state index contributed by atoms with van der Waals surface area (Å²) in [6.45, 7) is 1.84. The molecule has 0 fully saturated rings. The summed E-state index contributed by atoms with van der Waals surface area (Å²) in [5, 5.41) is 17.8. The van der Waals surface area contributed by atoms with E-state index in [9.17, 15) is 9.59 Å². The van der Waals surface area contributed by atoms with Crippen molar-refractivity contribution < 1.29 is 24.5 Å². The van der Waals surface area contributed by atoms with Crippen LogP contribution in [0, 0.1) is 0 Å². The van der Waals surface area contributed by atoms with Gasteiger partial charge in [0.25, 0.3) is 0 Å². The van der Waals surface area contributed by atoms with E-state index in [0.29, 0.717) is 12.8 Å². The smallest absolute Gasteiger partial charge is 0.344 e. The quantitative estimate of drug-likeness (QED) is 0.832. The zero-order chi connectivity index (χ0) is 13.7. The lowest BCUT2D eigenvalue weighted by molar-refractivity contribution is -0.145. The van der Waals surface area contributed by atoms with E-state index in [-0.39, 0.29) is 16.3 Å². The van der Waals surface area contributed by atoms with Crippen molar-refractivity contribution in [3.05, 3.63) is 28.8 Å². The predicted molar refractivity (Wildman–Crippen MR) is 65.4 cm³/mol. The van der Waals surface area contributed by atoms with Gasteiger partial charge in [0.2, 0.25) is 0 Å². The highest BCUT2D eigenvalue weighted by molar-refractivity contribution is 6.32. The minimum atomic E-state index is -1.10. The first-order valence-electron chi connectivity index (χ1n) is 5.38. The topological polar surface area (TPSA) is 83.8 Å². The van der Waals surface area contributed by atoms with Crippen LogP contribution in [0.2, 0.25) is 5.02 Å². The second-order valence-electron chi connectivity index (χ2n) is 3.68. The number of benzene rings is 1. The van der Waals surface area contributed by atoms with Gasteiger partial charge in [-0.05, 0) is 24.6 Å². The van der Waals surface area contributed by atoms with Crippen LogP contribution in [0.25, 0.3) is 0 Å². The van der Waals surface area contributed by atoms with Gasteiger partial charge in [-0.1, -0.05) is 24.9 Å². The van der Waals surface area contributed by atoms with Crippen molar-refractivity contribution in [2.75, 3.05) is 0 Å². The van der Waals surface area contributed by atoms with Crippen LogP contribution in [0.15, 0.2) is 18.2 Å². The lowest BCUT2D eigenvalue weighted by Gasteiger charge is -2.15. The van der Waals surface area contributed by atoms with Crippen molar-refractivity contribution in [3.63, 3.8) is 0 Å². The molecular formula is C12H13ClO5. The third kappa shape index (κ3) is 3.63. The number of halogens is 1. The van der Waals surface area contributed by atoms with Crippen molar-refractivity contribution in [1.82, 2.24) is 0 Å². The van der Waals surface area contributed by atoms with Crippen molar-refractivity contribution in [2.45, 2.75) is 25.9 Å². The SMILES string of the molecule is CCCC(Oc1ccc(C(=O)O)cc1Cl)C(=O)O. The maximum absolute atomic E-state index is 10.9. The number of hydrogen-bond donors (Lipinski definition) is 2. The van der Waals surface area contributed by atoms with Gasteiger partial charge in [-0.2, -0.15) is 0 Å². The van der Waals surface area contributed by atoms with E-state index >= 15 is 0 Å². The van der Waals surface area contributed by atoms with Crippen LogP contribution >= 0.6 is 11.6 Å². The van der Waals surface area contributed by atoms with Crippen LogP contribution in [0.5, 0.6) is 5.75 Å². The maximum Gasteiger partial charge on any atom is 0.344 e. The predicted octanol–water partition coefficient (Wildman–Crippen LogP) is 2.67. The van der Waals surface area contributed by atoms with Crippen LogP contribution < -0.4 is 4.74 Å². The van der Waals surface area contributed by atoms with Gasteiger partial charge in [-0.25, -0.2) is 9.59 Å². The summed E-state index contributed by atoms with van der Waals surface area (Å²) in [6.07, 6.45) is 0.0249. The number of ether oxygens (including phenoxy) is 1. The first-order valence-corrected chi connectivity index (χ1v) is 5.75. The molecule has 0 bridgehead atoms. The molecule has 1 rings (SSSR count). The fourth-order valence-corrected chi connectivity index (χ4v) is 1.60. The van der Waals surface area contributed by atoms with Crippen LogP contribution in [-0.4, -0.2) is 28.3 Å². The van der Waals surface area contributed by atoms with Crippen molar-refractivity contribution in [2.24, 2.45) is 0 Å². The highest BCUT2D eigenvalue weighted by Crippen LogP contribution is 2.27. The summed E-state index contributed by atoms with van der Waals surface area (Å²) >= 11 is 5.84. The number of aromatic carboxylic acids is 1. The molecule has 0 saturated heterocycles. The molecule has 5 nitrogen and oxygen atoms in total. The van der Waals surface area contributed by atoms with E-state index in [1.807, 2.05) is 6.92 Å². The fourth-order valence-electron chi connectivity index (χ4n) is 1.38. The van der Waals surface area contributed by atoms with Gasteiger partial charge in [-0.15, -0.1) is 0 Å². The Labute approximate surface area is 109 Å². The number of carbonyl (C=O) groups is 2. The number of rotatable bonds is 6. The fraction of sp³-hybridized carbons (Fsp3) is 0.333. The molecule has 0 spiro atoms. The van der Waals surface area contributed by atoms with E-state index in [1.165, 1.54) is 18.2 Å². The Kier molecular flexibility index (Phi) is 4.97. The third-order valence-electron chi connectivity index (χ3n) is 2.27. The molecular weight excluding hydrogens is 260 g/mol. The Balaban J connectivity index is 2.90. The Bertz CT molecular complexity index is 458. The van der Waals surface area contributed by atoms with Gasteiger partial charge >= 0.3 is 11.9 Å². The molecule has 98 valence electrons. The number of carboxylic acid groups (broad SMARTS) is 2. The molecule has 0 aliphatic heterocycles. The minimum absolute atomic E-state index is 0.0229. The molecule has 2 N–H and O–H groups in total. The third-order valence-corrected chi connectivity index (χ3v) is 2.57. The zero-order valence-corrected chi connectivity index (χ0v) is 10.5. The van der Waals surface area contributed by atoms with Crippen LogP contribution in [0.1, 0.15) is 30.1 Å². The molecule has 0 heterocycles. The van der Waals surface area contributed by atoms with Crippen LogP contribution in [0.3, 0.4) is 0 Å². The Hall–Kier alpha value is -1.75. The molecule has 18 heavy (non-hydrogen) atoms. The average molecular weight is 273 g/mol. The Morgan fingerprint density at radius 3 is 2.50 bits per heavy atom. The van der Waals surface area contributed by atoms with E-state index in [1.54, 1.807) is 0 Å². The van der Waals surface area contributed by atoms with Gasteiger partial charge in [0.15, 0.2) is 6.10 Å². The van der Waals surface area contributed by atoms with E-state index in [2.05, 4.69) is 0 Å².